The Bertz CT molecular complexity index is 1120. The molecule has 0 bridgehead atoms. The number of carbonyl (C=O) groups is 1. The summed E-state index contributed by atoms with van der Waals surface area (Å²) in [4.78, 5) is 16.9. The van der Waals surface area contributed by atoms with Crippen LogP contribution in [0.3, 0.4) is 0 Å². The Balaban J connectivity index is 2.07. The van der Waals surface area contributed by atoms with Crippen LogP contribution in [0.2, 0.25) is 10.0 Å². The molecule has 1 amide bonds. The van der Waals surface area contributed by atoms with E-state index in [0.717, 1.165) is 11.9 Å². The molecule has 1 aromatic heterocycles. The Morgan fingerprint density at radius 3 is 2.58 bits per heavy atom. The minimum Gasteiger partial charge on any atom is -0.506 e. The number of aryl methyl sites for hydroxylation is 1. The number of imidazole rings is 1. The number of phenols is 1. The van der Waals surface area contributed by atoms with Crippen LogP contribution < -0.4 is 5.32 Å². The van der Waals surface area contributed by atoms with E-state index < -0.39 is 11.7 Å². The van der Waals surface area contributed by atoms with Crippen molar-refractivity contribution in [3.8, 4) is 17.1 Å². The fourth-order valence-corrected chi connectivity index (χ4v) is 3.68. The van der Waals surface area contributed by atoms with Gasteiger partial charge in [-0.1, -0.05) is 37.0 Å². The van der Waals surface area contributed by atoms with Crippen LogP contribution in [0.1, 0.15) is 41.0 Å². The zero-order chi connectivity index (χ0) is 22.9. The molecule has 6 nitrogen and oxygen atoms in total. The molecule has 0 saturated heterocycles. The number of nitrogens with zero attached hydrogens (tertiary/aromatic N) is 2. The number of rotatable bonds is 5. The van der Waals surface area contributed by atoms with Gasteiger partial charge in [0.15, 0.2) is 0 Å². The van der Waals surface area contributed by atoms with Crippen LogP contribution in [-0.4, -0.2) is 26.4 Å². The summed E-state index contributed by atoms with van der Waals surface area (Å²) in [5.74, 6) is 0.973. The highest BCUT2D eigenvalue weighted by atomic mass is 35.5. The number of aromatic hydroxyl groups is 1. The smallest absolute Gasteiger partial charge is 0.412 e. The van der Waals surface area contributed by atoms with Crippen molar-refractivity contribution in [3.05, 3.63) is 40.4 Å². The molecule has 1 heterocycles. The molecule has 3 rings (SSSR count). The molecule has 3 aromatic rings. The van der Waals surface area contributed by atoms with Gasteiger partial charge >= 0.3 is 6.09 Å². The number of carbonyl (C=O) groups excluding carboxylic acids is 1. The quantitative estimate of drug-likeness (QED) is 0.422. The maximum absolute atomic E-state index is 12.1. The number of halogens is 2. The summed E-state index contributed by atoms with van der Waals surface area (Å²) in [6.45, 7) is 10.4. The normalized spacial score (nSPS) is 11.9. The molecule has 2 aromatic carbocycles. The zero-order valence-electron chi connectivity index (χ0n) is 18.3. The first kappa shape index (κ1) is 23.2. The number of nitrogens with one attached hydrogen (secondary N) is 1. The first-order chi connectivity index (χ1) is 14.4. The SMILES string of the molecule is CC(C)CCn1c(-c2cc(Cl)cc(Cl)c2O)nc2cc(NC(=O)OC(C)(C)C)ccc21. The number of hydrogen-bond acceptors (Lipinski definition) is 4. The van der Waals surface area contributed by atoms with Crippen LogP contribution in [0.5, 0.6) is 5.75 Å². The highest BCUT2D eigenvalue weighted by Gasteiger charge is 2.20. The number of amides is 1. The molecular weight excluding hydrogens is 437 g/mol. The first-order valence-corrected chi connectivity index (χ1v) is 10.9. The van der Waals surface area contributed by atoms with E-state index in [1.165, 1.54) is 6.07 Å². The Morgan fingerprint density at radius 1 is 1.23 bits per heavy atom. The fourth-order valence-electron chi connectivity index (χ4n) is 3.18. The van der Waals surface area contributed by atoms with Crippen molar-refractivity contribution >= 4 is 46.0 Å². The average molecular weight is 464 g/mol. The minimum atomic E-state index is -0.594. The topological polar surface area (TPSA) is 76.4 Å². The van der Waals surface area contributed by atoms with Crippen molar-refractivity contribution in [2.45, 2.75) is 53.2 Å². The van der Waals surface area contributed by atoms with Gasteiger partial charge in [-0.15, -0.1) is 0 Å². The fraction of sp³-hybridized carbons (Fsp3) is 0.391. The van der Waals surface area contributed by atoms with Gasteiger partial charge in [-0.2, -0.15) is 0 Å². The second-order valence-electron chi connectivity index (χ2n) is 8.88. The number of anilines is 1. The van der Waals surface area contributed by atoms with E-state index in [-0.39, 0.29) is 10.8 Å². The molecule has 0 spiro atoms. The number of aromatic nitrogens is 2. The highest BCUT2D eigenvalue weighted by molar-refractivity contribution is 6.36. The summed E-state index contributed by atoms with van der Waals surface area (Å²) in [6, 6.07) is 8.61. The molecule has 0 saturated carbocycles. The second-order valence-corrected chi connectivity index (χ2v) is 9.73. The molecule has 0 fully saturated rings. The van der Waals surface area contributed by atoms with E-state index in [4.69, 9.17) is 32.9 Å². The zero-order valence-corrected chi connectivity index (χ0v) is 19.8. The molecule has 0 aliphatic carbocycles. The Hall–Kier alpha value is -2.44. The Morgan fingerprint density at radius 2 is 1.94 bits per heavy atom. The maximum Gasteiger partial charge on any atom is 0.412 e. The number of ether oxygens (including phenoxy) is 1. The Kier molecular flexibility index (Phi) is 6.72. The van der Waals surface area contributed by atoms with Gasteiger partial charge in [0.2, 0.25) is 0 Å². The van der Waals surface area contributed by atoms with Gasteiger partial charge in [0.1, 0.15) is 17.2 Å². The summed E-state index contributed by atoms with van der Waals surface area (Å²) in [7, 11) is 0. The molecule has 0 aliphatic rings. The van der Waals surface area contributed by atoms with Gasteiger partial charge in [0, 0.05) is 17.3 Å². The van der Waals surface area contributed by atoms with E-state index in [0.29, 0.717) is 40.1 Å². The molecular formula is C23H27Cl2N3O3. The number of hydrogen-bond donors (Lipinski definition) is 2. The van der Waals surface area contributed by atoms with Crippen LogP contribution in [0.25, 0.3) is 22.4 Å². The highest BCUT2D eigenvalue weighted by Crippen LogP contribution is 2.39. The third-order valence-electron chi connectivity index (χ3n) is 4.59. The van der Waals surface area contributed by atoms with Crippen LogP contribution in [0, 0.1) is 5.92 Å². The maximum atomic E-state index is 12.1. The van der Waals surface area contributed by atoms with Crippen LogP contribution in [0.15, 0.2) is 30.3 Å². The van der Waals surface area contributed by atoms with E-state index >= 15 is 0 Å². The summed E-state index contributed by atoms with van der Waals surface area (Å²) >= 11 is 12.3. The molecule has 2 N–H and O–H groups in total. The third-order valence-corrected chi connectivity index (χ3v) is 5.10. The summed E-state index contributed by atoms with van der Waals surface area (Å²) < 4.78 is 7.36. The lowest BCUT2D eigenvalue weighted by atomic mass is 10.1. The van der Waals surface area contributed by atoms with Crippen molar-refractivity contribution in [2.24, 2.45) is 5.92 Å². The Labute approximate surface area is 192 Å². The lowest BCUT2D eigenvalue weighted by molar-refractivity contribution is 0.0636. The number of phenolic OH excluding ortho intramolecular Hbond substituents is 1. The van der Waals surface area contributed by atoms with Gasteiger partial charge in [-0.25, -0.2) is 9.78 Å². The van der Waals surface area contributed by atoms with Gasteiger partial charge in [-0.05, 0) is 63.4 Å². The lowest BCUT2D eigenvalue weighted by Gasteiger charge is -2.19. The molecule has 31 heavy (non-hydrogen) atoms. The van der Waals surface area contributed by atoms with Crippen LogP contribution >= 0.6 is 23.2 Å². The van der Waals surface area contributed by atoms with Crippen molar-refractivity contribution in [3.63, 3.8) is 0 Å². The van der Waals surface area contributed by atoms with Gasteiger partial charge < -0.3 is 14.4 Å². The van der Waals surface area contributed by atoms with Crippen molar-refractivity contribution < 1.29 is 14.6 Å². The first-order valence-electron chi connectivity index (χ1n) is 10.1. The summed E-state index contributed by atoms with van der Waals surface area (Å²) in [5, 5.41) is 13.9. The standard InChI is InChI=1S/C23H27Cl2N3O3/c1-13(2)8-9-28-19-7-6-15(26-22(30)31-23(3,4)5)12-18(19)27-21(28)16-10-14(24)11-17(25)20(16)29/h6-7,10-13,29H,8-9H2,1-5H3,(H,26,30). The minimum absolute atomic E-state index is 0.0701. The molecule has 166 valence electrons. The molecule has 0 aliphatic heterocycles. The predicted molar refractivity (Wildman–Crippen MR) is 126 cm³/mol. The van der Waals surface area contributed by atoms with E-state index in [9.17, 15) is 9.90 Å². The number of fused-ring (bicyclic) bond motifs is 1. The molecule has 0 unspecified atom stereocenters. The van der Waals surface area contributed by atoms with Crippen LogP contribution in [-0.2, 0) is 11.3 Å². The van der Waals surface area contributed by atoms with Crippen LogP contribution in [0.4, 0.5) is 10.5 Å². The van der Waals surface area contributed by atoms with Crippen molar-refractivity contribution in [1.82, 2.24) is 9.55 Å². The average Bonchev–Trinajstić information content (AvgIpc) is 2.98. The largest absolute Gasteiger partial charge is 0.506 e. The predicted octanol–water partition coefficient (Wildman–Crippen LogP) is 7.11. The molecule has 8 heteroatoms. The number of benzene rings is 2. The van der Waals surface area contributed by atoms with Gasteiger partial charge in [0.25, 0.3) is 0 Å². The monoisotopic (exact) mass is 463 g/mol. The third kappa shape index (κ3) is 5.63. The summed E-state index contributed by atoms with van der Waals surface area (Å²) in [5.41, 5.74) is 1.97. The molecule has 0 radical (unpaired) electrons. The van der Waals surface area contributed by atoms with E-state index in [1.54, 1.807) is 39.0 Å². The van der Waals surface area contributed by atoms with Crippen molar-refractivity contribution in [2.75, 3.05) is 5.32 Å². The summed E-state index contributed by atoms with van der Waals surface area (Å²) in [6.07, 6.45) is 0.386. The van der Waals surface area contributed by atoms with E-state index in [1.807, 2.05) is 10.6 Å². The van der Waals surface area contributed by atoms with Gasteiger partial charge in [0.05, 0.1) is 21.6 Å². The van der Waals surface area contributed by atoms with Gasteiger partial charge in [-0.3, -0.25) is 5.32 Å². The lowest BCUT2D eigenvalue weighted by Crippen LogP contribution is -2.27. The molecule has 0 atom stereocenters. The van der Waals surface area contributed by atoms with E-state index in [2.05, 4.69) is 19.2 Å². The van der Waals surface area contributed by atoms with Crippen molar-refractivity contribution in [1.29, 1.82) is 0 Å². The second kappa shape index (κ2) is 8.97.